The second-order valence-electron chi connectivity index (χ2n) is 12.5. The molecule has 0 bridgehead atoms. The van der Waals surface area contributed by atoms with Gasteiger partial charge in [0.1, 0.15) is 17.5 Å². The fraction of sp³-hybridized carbons (Fsp3) is 0.333. The number of anilines is 2. The van der Waals surface area contributed by atoms with Crippen LogP contribution in [0, 0.1) is 0 Å². The number of nitrogens with zero attached hydrogens (tertiary/aromatic N) is 4. The van der Waals surface area contributed by atoms with Crippen molar-refractivity contribution >= 4 is 67.0 Å². The summed E-state index contributed by atoms with van der Waals surface area (Å²) in [5.74, 6) is 0.217. The van der Waals surface area contributed by atoms with Gasteiger partial charge in [-0.1, -0.05) is 77.4 Å². The first-order valence-electron chi connectivity index (χ1n) is 17.9. The predicted molar refractivity (Wildman–Crippen MR) is 228 cm³/mol. The molecule has 2 unspecified atom stereocenters. The van der Waals surface area contributed by atoms with Crippen molar-refractivity contribution in [1.82, 2.24) is 9.80 Å². The van der Waals surface area contributed by atoms with Gasteiger partial charge in [-0.15, -0.1) is 0 Å². The van der Waals surface area contributed by atoms with Crippen LogP contribution in [0.25, 0.3) is 0 Å². The Morgan fingerprint density at radius 1 is 0.696 bits per heavy atom. The molecule has 300 valence electrons. The molecule has 0 saturated carbocycles. The molecule has 2 aliphatic rings. The van der Waals surface area contributed by atoms with E-state index in [1.165, 1.54) is 12.0 Å². The number of benzene rings is 4. The molecule has 14 heteroatoms. The van der Waals surface area contributed by atoms with E-state index in [-0.39, 0.29) is 25.3 Å². The Bertz CT molecular complexity index is 1910. The lowest BCUT2D eigenvalue weighted by atomic mass is 9.98. The van der Waals surface area contributed by atoms with Gasteiger partial charge in [-0.3, -0.25) is 14.6 Å². The number of carbonyl (C=O) groups is 4. The minimum absolute atomic E-state index is 0. The van der Waals surface area contributed by atoms with Crippen LogP contribution in [0.4, 0.5) is 21.0 Å². The van der Waals surface area contributed by atoms with Crippen LogP contribution in [0.1, 0.15) is 57.3 Å². The Morgan fingerprint density at radius 2 is 1.09 bits per heavy atom. The number of carboxylic acids is 1. The maximum atomic E-state index is 13.1. The molecular formula is C42H51Br2N5O7. The third-order valence-electron chi connectivity index (χ3n) is 8.84. The Hall–Kier alpha value is -4.92. The first-order chi connectivity index (χ1) is 26.5. The molecule has 2 fully saturated rings. The van der Waals surface area contributed by atoms with Gasteiger partial charge in [-0.05, 0) is 96.9 Å². The number of methoxy groups -OCH3 is 2. The van der Waals surface area contributed by atoms with E-state index in [0.717, 1.165) is 38.8 Å². The van der Waals surface area contributed by atoms with Crippen LogP contribution in [0.15, 0.2) is 106 Å². The number of urea groups is 2. The fourth-order valence-corrected chi connectivity index (χ4v) is 6.84. The van der Waals surface area contributed by atoms with Crippen molar-refractivity contribution in [3.63, 3.8) is 0 Å². The van der Waals surface area contributed by atoms with E-state index in [4.69, 9.17) is 15.2 Å². The summed E-state index contributed by atoms with van der Waals surface area (Å²) in [4.78, 5) is 57.1. The van der Waals surface area contributed by atoms with Gasteiger partial charge in [-0.25, -0.2) is 14.4 Å². The number of nitrogens with two attached hydrogens (primary N) is 1. The van der Waals surface area contributed by atoms with E-state index in [2.05, 4.69) is 31.9 Å². The fourth-order valence-electron chi connectivity index (χ4n) is 6.31. The molecule has 0 aromatic heterocycles. The number of carbonyl (C=O) groups excluding carboxylic acids is 3. The molecule has 2 aliphatic heterocycles. The highest BCUT2D eigenvalue weighted by atomic mass is 79.9. The number of ketones is 1. The maximum Gasteiger partial charge on any atom is 0.331 e. The summed E-state index contributed by atoms with van der Waals surface area (Å²) < 4.78 is 12.3. The average molecular weight is 898 g/mol. The van der Waals surface area contributed by atoms with Crippen molar-refractivity contribution in [2.45, 2.75) is 46.2 Å². The Morgan fingerprint density at radius 3 is 1.46 bits per heavy atom. The molecule has 4 aromatic carbocycles. The number of ether oxygens (including phenoxy) is 2. The average Bonchev–Trinajstić information content (AvgIpc) is 3.74. The Kier molecular flexibility index (Phi) is 17.8. The SMILES string of the molecule is C.CCCC(=O)C(c1cccc(OC)c1)N1CCN(c2ccc(Br)cc2)C1=O.CCN.COc1cccc(C(C(=O)O)N2CCN(c3ccc(Br)cc3)C2=O)c1. The van der Waals surface area contributed by atoms with E-state index in [1.54, 1.807) is 46.1 Å². The van der Waals surface area contributed by atoms with E-state index < -0.39 is 18.1 Å². The zero-order chi connectivity index (χ0) is 40.1. The zero-order valence-electron chi connectivity index (χ0n) is 31.4. The standard InChI is InChI=1S/C21H23BrN2O3.C18H17BrN2O4.C2H7N.CH4/c1-3-5-19(25)20(15-6-4-7-18(14-15)27-2)24-13-12-23(21(24)26)17-10-8-16(22)9-11-17;1-25-15-4-2-3-12(11-15)16(17(22)23)21-10-9-20(18(21)24)14-7-5-13(19)6-8-14;1-2-3;/h4,6-11,14,20H,3,5,12-13H2,1-2H3;2-8,11,16H,9-10H2,1H3,(H,22,23);2-3H2,1H3;1H4. The van der Waals surface area contributed by atoms with Crippen LogP contribution in [-0.2, 0) is 9.59 Å². The molecule has 0 spiro atoms. The summed E-state index contributed by atoms with van der Waals surface area (Å²) in [5.41, 5.74) is 7.72. The normalized spacial score (nSPS) is 14.5. The van der Waals surface area contributed by atoms with Crippen LogP contribution < -0.4 is 25.0 Å². The number of carboxylic acid groups (broad SMARTS) is 1. The molecule has 0 radical (unpaired) electrons. The second-order valence-corrected chi connectivity index (χ2v) is 14.4. The summed E-state index contributed by atoms with van der Waals surface area (Å²) in [7, 11) is 3.11. The lowest BCUT2D eigenvalue weighted by Crippen LogP contribution is -2.38. The van der Waals surface area contributed by atoms with Gasteiger partial charge in [0.2, 0.25) is 0 Å². The highest BCUT2D eigenvalue weighted by Crippen LogP contribution is 2.33. The maximum absolute atomic E-state index is 13.1. The second kappa shape index (κ2) is 22.0. The summed E-state index contributed by atoms with van der Waals surface area (Å²) in [6.07, 6.45) is 1.18. The minimum Gasteiger partial charge on any atom is -0.497 e. The highest BCUT2D eigenvalue weighted by molar-refractivity contribution is 9.10. The zero-order valence-corrected chi connectivity index (χ0v) is 34.5. The quantitative estimate of drug-likeness (QED) is 0.143. The van der Waals surface area contributed by atoms with E-state index in [0.29, 0.717) is 49.7 Å². The van der Waals surface area contributed by atoms with Crippen molar-refractivity contribution in [2.75, 3.05) is 56.7 Å². The first kappa shape index (κ1) is 45.5. The molecular weight excluding hydrogens is 846 g/mol. The largest absolute Gasteiger partial charge is 0.497 e. The number of rotatable bonds is 12. The molecule has 4 aromatic rings. The van der Waals surface area contributed by atoms with Crippen LogP contribution in [-0.4, -0.2) is 85.7 Å². The molecule has 4 amide bonds. The van der Waals surface area contributed by atoms with Gasteiger partial charge >= 0.3 is 18.0 Å². The van der Waals surface area contributed by atoms with Gasteiger partial charge in [0.15, 0.2) is 11.8 Å². The van der Waals surface area contributed by atoms with Crippen LogP contribution in [0.3, 0.4) is 0 Å². The molecule has 2 saturated heterocycles. The summed E-state index contributed by atoms with van der Waals surface area (Å²) >= 11 is 6.78. The van der Waals surface area contributed by atoms with Crippen molar-refractivity contribution in [1.29, 1.82) is 0 Å². The lowest BCUT2D eigenvalue weighted by molar-refractivity contribution is -0.142. The molecule has 56 heavy (non-hydrogen) atoms. The van der Waals surface area contributed by atoms with Crippen molar-refractivity contribution < 1.29 is 33.8 Å². The summed E-state index contributed by atoms with van der Waals surface area (Å²) in [6, 6.07) is 27.1. The van der Waals surface area contributed by atoms with Crippen molar-refractivity contribution in [3.8, 4) is 11.5 Å². The summed E-state index contributed by atoms with van der Waals surface area (Å²) in [6.45, 7) is 6.46. The smallest absolute Gasteiger partial charge is 0.331 e. The monoisotopic (exact) mass is 895 g/mol. The lowest BCUT2D eigenvalue weighted by Gasteiger charge is -2.27. The van der Waals surface area contributed by atoms with Gasteiger partial charge in [-0.2, -0.15) is 0 Å². The molecule has 2 heterocycles. The van der Waals surface area contributed by atoms with Crippen molar-refractivity contribution in [2.24, 2.45) is 5.73 Å². The molecule has 0 aliphatic carbocycles. The third-order valence-corrected chi connectivity index (χ3v) is 9.89. The number of hydrogen-bond donors (Lipinski definition) is 2. The Balaban J connectivity index is 0.000000277. The molecule has 6 rings (SSSR count). The van der Waals surface area contributed by atoms with E-state index >= 15 is 0 Å². The van der Waals surface area contributed by atoms with Gasteiger partial charge in [0, 0.05) is 52.9 Å². The van der Waals surface area contributed by atoms with Gasteiger partial charge in [0.25, 0.3) is 0 Å². The summed E-state index contributed by atoms with van der Waals surface area (Å²) in [5, 5.41) is 9.70. The van der Waals surface area contributed by atoms with Crippen LogP contribution in [0.2, 0.25) is 0 Å². The highest BCUT2D eigenvalue weighted by Gasteiger charge is 2.40. The number of aliphatic carboxylic acids is 1. The number of amides is 4. The number of halogens is 2. The minimum atomic E-state index is -1.07. The predicted octanol–water partition coefficient (Wildman–Crippen LogP) is 8.94. The van der Waals surface area contributed by atoms with Gasteiger partial charge in [0.05, 0.1) is 14.2 Å². The number of Topliss-reactive ketones (excluding diaryl/α,β-unsaturated/α-hetero) is 1. The van der Waals surface area contributed by atoms with Gasteiger partial charge < -0.3 is 30.1 Å². The molecule has 12 nitrogen and oxygen atoms in total. The van der Waals surface area contributed by atoms with E-state index in [1.807, 2.05) is 86.6 Å². The topological polar surface area (TPSA) is 146 Å². The molecule has 2 atom stereocenters. The first-order valence-corrected chi connectivity index (χ1v) is 19.5. The third kappa shape index (κ3) is 11.3. The number of hydrogen-bond acceptors (Lipinski definition) is 7. The Labute approximate surface area is 346 Å². The molecule has 3 N–H and O–H groups in total. The van der Waals surface area contributed by atoms with Crippen LogP contribution >= 0.6 is 31.9 Å². The van der Waals surface area contributed by atoms with Crippen LogP contribution in [0.5, 0.6) is 11.5 Å². The van der Waals surface area contributed by atoms with Crippen molar-refractivity contribution in [3.05, 3.63) is 117 Å². The van der Waals surface area contributed by atoms with E-state index in [9.17, 15) is 24.3 Å².